The number of ether oxygens (including phenoxy) is 2. The van der Waals surface area contributed by atoms with Crippen LogP contribution >= 0.6 is 68.0 Å². The van der Waals surface area contributed by atoms with Gasteiger partial charge in [0.1, 0.15) is 82.2 Å². The second-order valence-corrected chi connectivity index (χ2v) is 28.5. The van der Waals surface area contributed by atoms with E-state index in [-0.39, 0.29) is 72.0 Å². The van der Waals surface area contributed by atoms with E-state index >= 15 is 0 Å². The molecule has 2 fully saturated rings. The van der Waals surface area contributed by atoms with Gasteiger partial charge in [-0.1, -0.05) is 50.6 Å². The van der Waals surface area contributed by atoms with Gasteiger partial charge in [0.05, 0.1) is 53.7 Å². The number of aromatic nitrogens is 7. The summed E-state index contributed by atoms with van der Waals surface area (Å²) < 4.78 is 11.3. The number of rotatable bonds is 29. The molecule has 1 aromatic carbocycles. The Morgan fingerprint density at radius 3 is 2.15 bits per heavy atom. The third-order valence-electron chi connectivity index (χ3n) is 15.6. The van der Waals surface area contributed by atoms with Crippen molar-refractivity contribution in [3.8, 4) is 43.4 Å². The normalized spacial score (nSPS) is 16.6. The summed E-state index contributed by atoms with van der Waals surface area (Å²) >= 11 is 7.28. The molecule has 0 aliphatic heterocycles. The quantitative estimate of drug-likeness (QED) is 0.0202. The molecule has 0 saturated heterocycles. The van der Waals surface area contributed by atoms with Crippen LogP contribution in [0, 0.1) is 18.8 Å². The van der Waals surface area contributed by atoms with Gasteiger partial charge in [-0.05, 0) is 69.1 Å². The number of nitrogens with zero attached hydrogens (tertiary/aromatic N) is 8. The van der Waals surface area contributed by atoms with Crippen LogP contribution in [-0.2, 0) is 35.3 Å². The lowest BCUT2D eigenvalue weighted by atomic mass is 9.87. The molecule has 8 aromatic rings. The number of aliphatic carboxylic acids is 2. The van der Waals surface area contributed by atoms with Crippen LogP contribution in [-0.4, -0.2) is 130 Å². The number of anilines is 1. The summed E-state index contributed by atoms with van der Waals surface area (Å²) in [4.78, 5) is 140. The first-order valence-corrected chi connectivity index (χ1v) is 35.2. The van der Waals surface area contributed by atoms with E-state index in [1.807, 2.05) is 32.0 Å². The second kappa shape index (κ2) is 30.9. The average molecular weight is 1390 g/mol. The number of hydrogen-bond acceptors (Lipinski definition) is 25. The Labute approximate surface area is 562 Å². The number of hydrogen-bond donors (Lipinski definition) is 8. The van der Waals surface area contributed by atoms with E-state index in [1.165, 1.54) is 64.4 Å². The van der Waals surface area contributed by atoms with Gasteiger partial charge in [-0.2, -0.15) is 0 Å². The summed E-state index contributed by atoms with van der Waals surface area (Å²) in [6.45, 7) is 5.71. The molecule has 32 heteroatoms. The third-order valence-corrected chi connectivity index (χ3v) is 21.3. The molecule has 9 N–H and O–H groups in total. The molecule has 2 unspecified atom stereocenters. The number of carbonyl (C=O) groups is 8. The lowest BCUT2D eigenvalue weighted by molar-refractivity contribution is -0.143. The number of pyridine rings is 1. The molecule has 7 aromatic heterocycles. The summed E-state index contributed by atoms with van der Waals surface area (Å²) in [7, 11) is 2.94. The lowest BCUT2D eigenvalue weighted by Gasteiger charge is -2.28. The van der Waals surface area contributed by atoms with Crippen molar-refractivity contribution in [3.05, 3.63) is 111 Å². The maximum absolute atomic E-state index is 14.4. The molecular formula is C62H67N13O13S6. The number of aliphatic hydroxyl groups is 1. The standard InChI is InChI=1S/C62H67N13O13S6/c1-29(2)47(60-74-50(42(94-60)24-87-5)54(83)66-36-22-41(36)76)72-53(82)48-30(3)93-58(73-48)37(23-44(77)64-4)67-52(81)39-26-89-55(69-39)34-19-20-35(65-49(34)38-25-90-57(68-38)40-27-91-59(70-40)46(63)51(80)31-12-8-6-9-13-31)56-71-43(28-92-56)75(21-11-7-10-14-45(78)79)62(86)88-33-17-15-32(16-18-33)61(84)85/h6,8-9,12-13,19-20,25-29,32-33,36-37,46-47,51,80H,7,10-11,14-18,21-24,63H2,1-5H3,(H,64,77)(H,66,83)(H,67,81)(H,72,82)(H,78,79)(H,84,85)/t32-,33-,36?,37-,46-,47?,51-/m0/s1. The Morgan fingerprint density at radius 2 is 1.45 bits per heavy atom. The fourth-order valence-corrected chi connectivity index (χ4v) is 15.8. The Balaban J connectivity index is 0.923. The predicted octanol–water partition coefficient (Wildman–Crippen LogP) is 9.71. The average Bonchev–Trinajstić information content (AvgIpc) is 1.60. The molecule has 2 saturated carbocycles. The number of benzene rings is 1. The first-order valence-electron chi connectivity index (χ1n) is 30.0. The van der Waals surface area contributed by atoms with Gasteiger partial charge in [-0.25, -0.2) is 39.7 Å². The SMILES string of the molecule is CNC(=O)C[C@H](NC(=O)c1csc(-c2ccc(-c3nc(N(CCCCCC(=O)O)C(=O)O[C@H]4CC[C@H](C(=O)O)CC4)cs3)nc2-c2csc(-c3csc([C@@H](N)[C@@H](O)c4ccccc4)n3)n2)n1)c1nc(C(=O)NC(c2nc(C(=O)NC3CC3=O)c(COC)s2)C(C)C)c(C)s1. The fraction of sp³-hybridized carbons (Fsp3) is 0.403. The zero-order valence-electron chi connectivity index (χ0n) is 51.5. The fourth-order valence-electron chi connectivity index (χ4n) is 10.3. The minimum absolute atomic E-state index is 0.00606. The van der Waals surface area contributed by atoms with E-state index in [0.717, 1.165) is 22.7 Å². The summed E-state index contributed by atoms with van der Waals surface area (Å²) in [6, 6.07) is 9.46. The van der Waals surface area contributed by atoms with Crippen molar-refractivity contribution in [3.63, 3.8) is 0 Å². The van der Waals surface area contributed by atoms with E-state index in [2.05, 4.69) is 26.3 Å². The zero-order valence-corrected chi connectivity index (χ0v) is 56.4. The molecule has 10 rings (SSSR count). The Hall–Kier alpha value is -8.21. The molecular weight excluding hydrogens is 1330 g/mol. The highest BCUT2D eigenvalue weighted by atomic mass is 32.1. The van der Waals surface area contributed by atoms with Gasteiger partial charge >= 0.3 is 18.0 Å². The van der Waals surface area contributed by atoms with Crippen molar-refractivity contribution >= 4 is 121 Å². The number of amides is 5. The number of nitrogens with two attached hydrogens (primary N) is 1. The Morgan fingerprint density at radius 1 is 0.734 bits per heavy atom. The number of thiazole rings is 6. The predicted molar refractivity (Wildman–Crippen MR) is 355 cm³/mol. The molecule has 7 heterocycles. The van der Waals surface area contributed by atoms with Gasteiger partial charge in [0.2, 0.25) is 5.91 Å². The van der Waals surface area contributed by atoms with E-state index in [4.69, 9.17) is 45.1 Å². The lowest BCUT2D eigenvalue weighted by Crippen LogP contribution is -2.37. The van der Waals surface area contributed by atoms with Gasteiger partial charge < -0.3 is 51.8 Å². The maximum Gasteiger partial charge on any atom is 0.415 e. The Bertz CT molecular complexity index is 4080. The molecule has 2 aliphatic carbocycles. The molecule has 26 nitrogen and oxygen atoms in total. The van der Waals surface area contributed by atoms with Gasteiger partial charge in [-0.3, -0.25) is 38.5 Å². The van der Waals surface area contributed by atoms with Crippen LogP contribution in [0.25, 0.3) is 43.4 Å². The number of nitrogens with one attached hydrogen (secondary N) is 4. The highest BCUT2D eigenvalue weighted by molar-refractivity contribution is 7.15. The highest BCUT2D eigenvalue weighted by Gasteiger charge is 2.38. The minimum Gasteiger partial charge on any atom is -0.481 e. The number of unbranched alkanes of at least 4 members (excludes halogenated alkanes) is 2. The zero-order chi connectivity index (χ0) is 66.9. The molecule has 5 atom stereocenters. The number of Topliss-reactive ketones (excluding diaryl/α,β-unsaturated/α-hetero) is 1. The monoisotopic (exact) mass is 1390 g/mol. The number of ketones is 1. The van der Waals surface area contributed by atoms with Crippen molar-refractivity contribution in [2.24, 2.45) is 17.6 Å². The summed E-state index contributed by atoms with van der Waals surface area (Å²) in [5, 5.41) is 50.6. The topological polar surface area (TPSA) is 383 Å². The van der Waals surface area contributed by atoms with Crippen LogP contribution in [0.3, 0.4) is 0 Å². The highest BCUT2D eigenvalue weighted by Crippen LogP contribution is 2.40. The second-order valence-electron chi connectivity index (χ2n) is 22.7. The van der Waals surface area contributed by atoms with Crippen LogP contribution in [0.2, 0.25) is 0 Å². The molecule has 5 amide bonds. The van der Waals surface area contributed by atoms with Gasteiger partial charge in [0.25, 0.3) is 17.7 Å². The summed E-state index contributed by atoms with van der Waals surface area (Å²) in [5.41, 5.74) is 9.49. The van der Waals surface area contributed by atoms with E-state index in [1.54, 1.807) is 52.7 Å². The number of carboxylic acid groups (broad SMARTS) is 2. The van der Waals surface area contributed by atoms with Crippen LogP contribution in [0.4, 0.5) is 10.6 Å². The Kier molecular flexibility index (Phi) is 22.6. The summed E-state index contributed by atoms with van der Waals surface area (Å²) in [6.07, 6.45) is 0.644. The van der Waals surface area contributed by atoms with Gasteiger partial charge in [0.15, 0.2) is 5.78 Å². The maximum atomic E-state index is 14.4. The molecule has 2 aliphatic rings. The first-order chi connectivity index (χ1) is 45.2. The van der Waals surface area contributed by atoms with Crippen LogP contribution in [0.15, 0.2) is 64.0 Å². The van der Waals surface area contributed by atoms with Crippen molar-refractivity contribution in [1.29, 1.82) is 0 Å². The molecule has 0 spiro atoms. The third kappa shape index (κ3) is 16.6. The first kappa shape index (κ1) is 68.6. The van der Waals surface area contributed by atoms with Crippen molar-refractivity contribution in [1.82, 2.24) is 56.2 Å². The van der Waals surface area contributed by atoms with E-state index < -0.39 is 84.0 Å². The number of carbonyl (C=O) groups excluding carboxylic acids is 6. The molecule has 494 valence electrons. The van der Waals surface area contributed by atoms with E-state index in [0.29, 0.717) is 114 Å². The van der Waals surface area contributed by atoms with Crippen molar-refractivity contribution < 1.29 is 63.1 Å². The molecule has 0 bridgehead atoms. The number of carboxylic acids is 2. The van der Waals surface area contributed by atoms with E-state index in [9.17, 15) is 53.7 Å². The van der Waals surface area contributed by atoms with Crippen LogP contribution in [0.1, 0.15) is 164 Å². The van der Waals surface area contributed by atoms with Crippen molar-refractivity contribution in [2.75, 3.05) is 25.6 Å². The van der Waals surface area contributed by atoms with Crippen LogP contribution in [0.5, 0.6) is 0 Å². The number of aryl methyl sites for hydroxylation is 1. The van der Waals surface area contributed by atoms with Crippen molar-refractivity contribution in [2.45, 2.75) is 128 Å². The number of methoxy groups -OCH3 is 1. The molecule has 0 radical (unpaired) electrons. The smallest absolute Gasteiger partial charge is 0.415 e. The molecule has 94 heavy (non-hydrogen) atoms. The van der Waals surface area contributed by atoms with Gasteiger partial charge in [0, 0.05) is 65.5 Å². The minimum atomic E-state index is -1.03. The number of aliphatic hydroxyl groups excluding tert-OH is 1. The summed E-state index contributed by atoms with van der Waals surface area (Å²) in [5.74, 6) is -4.48. The van der Waals surface area contributed by atoms with Gasteiger partial charge in [-0.15, -0.1) is 68.0 Å². The van der Waals surface area contributed by atoms with Crippen LogP contribution < -0.4 is 31.9 Å². The largest absolute Gasteiger partial charge is 0.481 e.